The number of sulfone groups is 1. The van der Waals surface area contributed by atoms with Crippen LogP contribution in [-0.2, 0) is 28.7 Å². The minimum absolute atomic E-state index is 0.0335. The van der Waals surface area contributed by atoms with E-state index < -0.39 is 40.6 Å². The van der Waals surface area contributed by atoms with Gasteiger partial charge >= 0.3 is 12.1 Å². The van der Waals surface area contributed by atoms with E-state index in [4.69, 9.17) is 4.74 Å². The highest BCUT2D eigenvalue weighted by molar-refractivity contribution is 7.90. The summed E-state index contributed by atoms with van der Waals surface area (Å²) in [7, 11) is -0.545. The number of alkyl halides is 5. The van der Waals surface area contributed by atoms with Crippen molar-refractivity contribution in [2.24, 2.45) is 0 Å². The van der Waals surface area contributed by atoms with Crippen molar-refractivity contribution in [2.75, 3.05) is 38.8 Å². The second-order valence-electron chi connectivity index (χ2n) is 9.89. The molecular weight excluding hydrogens is 583 g/mol. The first-order chi connectivity index (χ1) is 19.7. The molecule has 1 aliphatic heterocycles. The van der Waals surface area contributed by atoms with E-state index in [0.717, 1.165) is 6.26 Å². The van der Waals surface area contributed by atoms with Crippen molar-refractivity contribution in [1.29, 1.82) is 0 Å². The summed E-state index contributed by atoms with van der Waals surface area (Å²) in [6.45, 7) is -0.330. The van der Waals surface area contributed by atoms with Crippen LogP contribution in [0.25, 0.3) is 17.0 Å². The third-order valence-electron chi connectivity index (χ3n) is 6.57. The van der Waals surface area contributed by atoms with Crippen molar-refractivity contribution in [3.63, 3.8) is 0 Å². The maximum absolute atomic E-state index is 14.6. The first-order valence-corrected chi connectivity index (χ1v) is 14.4. The van der Waals surface area contributed by atoms with Crippen molar-refractivity contribution in [3.05, 3.63) is 59.3 Å². The number of nitrogens with one attached hydrogen (secondary N) is 2. The summed E-state index contributed by atoms with van der Waals surface area (Å²) in [6, 6.07) is 7.25. The van der Waals surface area contributed by atoms with Gasteiger partial charge in [0, 0.05) is 25.1 Å². The quantitative estimate of drug-likeness (QED) is 0.249. The van der Waals surface area contributed by atoms with E-state index in [1.54, 1.807) is 7.05 Å². The second kappa shape index (κ2) is 10.6. The Morgan fingerprint density at radius 2 is 1.98 bits per heavy atom. The molecule has 4 aromatic rings. The zero-order chi connectivity index (χ0) is 30.4. The van der Waals surface area contributed by atoms with Gasteiger partial charge in [0.05, 0.1) is 54.2 Å². The maximum Gasteiger partial charge on any atom is 0.394 e. The fraction of sp³-hybridized carbons (Fsp3) is 0.333. The van der Waals surface area contributed by atoms with Gasteiger partial charge in [-0.2, -0.15) is 22.0 Å². The van der Waals surface area contributed by atoms with E-state index >= 15 is 0 Å². The fourth-order valence-electron chi connectivity index (χ4n) is 4.77. The Morgan fingerprint density at radius 3 is 2.67 bits per heavy atom. The smallest absolute Gasteiger partial charge is 0.394 e. The highest BCUT2D eigenvalue weighted by atomic mass is 32.2. The topological polar surface area (TPSA) is 105 Å². The number of nitrogens with zero attached hydrogens (tertiary/aromatic N) is 4. The number of fused-ring (bicyclic) bond motifs is 2. The largest absolute Gasteiger partial charge is 0.495 e. The number of likely N-dealkylation sites (N-methyl/N-ethyl adjacent to an activating group) is 1. The van der Waals surface area contributed by atoms with E-state index in [1.165, 1.54) is 52.9 Å². The number of methoxy groups -OCH3 is 1. The Kier molecular flexibility index (Phi) is 7.40. The zero-order valence-electron chi connectivity index (χ0n) is 22.6. The SMILES string of the molecule is COc1cc(S(C)(=O)=O)ccc1NCC#Cc1nc2c(-c3nc4c([nH]3)CN(C)CC4(F)F)cccn2c1CC(F)(F)F. The number of pyridine rings is 1. The van der Waals surface area contributed by atoms with Gasteiger partial charge in [-0.15, -0.1) is 0 Å². The molecule has 0 saturated heterocycles. The molecule has 0 saturated carbocycles. The lowest BCUT2D eigenvalue weighted by Crippen LogP contribution is -2.38. The number of ether oxygens (including phenoxy) is 1. The molecule has 42 heavy (non-hydrogen) atoms. The number of imidazole rings is 2. The molecule has 0 aliphatic carbocycles. The van der Waals surface area contributed by atoms with E-state index in [9.17, 15) is 30.4 Å². The second-order valence-corrected chi connectivity index (χ2v) is 11.9. The Morgan fingerprint density at radius 1 is 1.21 bits per heavy atom. The third-order valence-corrected chi connectivity index (χ3v) is 7.68. The lowest BCUT2D eigenvalue weighted by atomic mass is 10.1. The lowest BCUT2D eigenvalue weighted by molar-refractivity contribution is -0.128. The number of benzene rings is 1. The number of H-pyrrole nitrogens is 1. The van der Waals surface area contributed by atoms with Crippen LogP contribution < -0.4 is 10.1 Å². The summed E-state index contributed by atoms with van der Waals surface area (Å²) < 4.78 is 100. The molecule has 5 rings (SSSR count). The molecule has 4 heterocycles. The fourth-order valence-corrected chi connectivity index (χ4v) is 5.41. The van der Waals surface area contributed by atoms with Gasteiger partial charge < -0.3 is 19.4 Å². The number of hydrogen-bond acceptors (Lipinski definition) is 7. The standard InChI is InChI=1S/C27H25F5N6O3S/c1-37-14-20-23(26(28,29)15-37)36-24(34-20)17-6-5-11-38-21(13-27(30,31)32)18(35-25(17)38)7-4-10-33-19-9-8-16(42(3,39)40)12-22(19)41-2/h5-6,8-9,11-12,33H,10,13-15H2,1-3H3,(H,34,36). The number of hydrogen-bond donors (Lipinski definition) is 2. The summed E-state index contributed by atoms with van der Waals surface area (Å²) >= 11 is 0. The van der Waals surface area contributed by atoms with Crippen LogP contribution in [0, 0.1) is 11.8 Å². The molecule has 3 aromatic heterocycles. The maximum atomic E-state index is 14.6. The summed E-state index contributed by atoms with van der Waals surface area (Å²) in [5.41, 5.74) is 0.219. The van der Waals surface area contributed by atoms with Gasteiger partial charge in [0.1, 0.15) is 28.6 Å². The average molecular weight is 609 g/mol. The zero-order valence-corrected chi connectivity index (χ0v) is 23.4. The first kappa shape index (κ1) is 29.3. The predicted octanol–water partition coefficient (Wildman–Crippen LogP) is 4.24. The van der Waals surface area contributed by atoms with Crippen molar-refractivity contribution in [1.82, 2.24) is 24.3 Å². The van der Waals surface area contributed by atoms with Crippen LogP contribution in [-0.4, -0.2) is 72.3 Å². The van der Waals surface area contributed by atoms with Crippen LogP contribution in [0.3, 0.4) is 0 Å². The Hall–Kier alpha value is -4.16. The van der Waals surface area contributed by atoms with Gasteiger partial charge in [0.15, 0.2) is 9.84 Å². The average Bonchev–Trinajstić information content (AvgIpc) is 3.46. The molecule has 0 atom stereocenters. The van der Waals surface area contributed by atoms with Crippen LogP contribution in [0.15, 0.2) is 41.4 Å². The molecule has 0 spiro atoms. The molecule has 0 fully saturated rings. The molecule has 0 radical (unpaired) electrons. The number of rotatable bonds is 6. The highest BCUT2D eigenvalue weighted by Gasteiger charge is 2.42. The van der Waals surface area contributed by atoms with Crippen molar-refractivity contribution >= 4 is 21.2 Å². The molecular formula is C27H25F5N6O3S. The molecule has 1 aromatic carbocycles. The van der Waals surface area contributed by atoms with E-state index in [0.29, 0.717) is 5.69 Å². The molecule has 15 heteroatoms. The number of aromatic amines is 1. The third kappa shape index (κ3) is 5.90. The summed E-state index contributed by atoms with van der Waals surface area (Å²) in [5, 5.41) is 2.95. The van der Waals surface area contributed by atoms with Crippen LogP contribution in [0.5, 0.6) is 5.75 Å². The van der Waals surface area contributed by atoms with E-state index in [-0.39, 0.29) is 57.9 Å². The van der Waals surface area contributed by atoms with Gasteiger partial charge in [-0.3, -0.25) is 4.90 Å². The molecule has 2 N–H and O–H groups in total. The van der Waals surface area contributed by atoms with Gasteiger partial charge in [0.2, 0.25) is 0 Å². The summed E-state index contributed by atoms with van der Waals surface area (Å²) in [6.07, 6.45) is -3.44. The number of aromatic nitrogens is 4. The molecule has 0 unspecified atom stereocenters. The van der Waals surface area contributed by atoms with Crippen molar-refractivity contribution in [2.45, 2.75) is 30.0 Å². The van der Waals surface area contributed by atoms with E-state index in [2.05, 4.69) is 32.1 Å². The van der Waals surface area contributed by atoms with Crippen LogP contribution in [0.1, 0.15) is 22.8 Å². The van der Waals surface area contributed by atoms with Crippen LogP contribution in [0.2, 0.25) is 0 Å². The van der Waals surface area contributed by atoms with Gasteiger partial charge in [-0.25, -0.2) is 18.4 Å². The predicted molar refractivity (Wildman–Crippen MR) is 144 cm³/mol. The molecule has 0 bridgehead atoms. The number of halogens is 5. The molecule has 1 aliphatic rings. The summed E-state index contributed by atoms with van der Waals surface area (Å²) in [5.74, 6) is 2.53. The Balaban J connectivity index is 1.50. The molecule has 0 amide bonds. The first-order valence-electron chi connectivity index (χ1n) is 12.5. The van der Waals surface area contributed by atoms with Crippen LogP contribution >= 0.6 is 0 Å². The number of anilines is 1. The van der Waals surface area contributed by atoms with Gasteiger partial charge in [0.25, 0.3) is 0 Å². The molecule has 222 valence electrons. The Labute approximate surface area is 237 Å². The normalized spacial score (nSPS) is 15.2. The van der Waals surface area contributed by atoms with Gasteiger partial charge in [-0.1, -0.05) is 5.92 Å². The van der Waals surface area contributed by atoms with Gasteiger partial charge in [-0.05, 0) is 37.2 Å². The molecule has 9 nitrogen and oxygen atoms in total. The minimum Gasteiger partial charge on any atom is -0.495 e. The van der Waals surface area contributed by atoms with Crippen molar-refractivity contribution in [3.8, 4) is 29.0 Å². The van der Waals surface area contributed by atoms with Crippen LogP contribution in [0.4, 0.5) is 27.6 Å². The van der Waals surface area contributed by atoms with Crippen molar-refractivity contribution < 1.29 is 35.1 Å². The monoisotopic (exact) mass is 608 g/mol. The Bertz CT molecular complexity index is 1840. The summed E-state index contributed by atoms with van der Waals surface area (Å²) in [4.78, 5) is 12.9. The minimum atomic E-state index is -4.58. The van der Waals surface area contributed by atoms with E-state index in [1.807, 2.05) is 0 Å². The highest BCUT2D eigenvalue weighted by Crippen LogP contribution is 2.37. The lowest BCUT2D eigenvalue weighted by Gasteiger charge is -2.28.